The van der Waals surface area contributed by atoms with Gasteiger partial charge in [0.2, 0.25) is 0 Å². The molecule has 27 heavy (non-hydrogen) atoms. The molecular formula is C25H28BrP. The summed E-state index contributed by atoms with van der Waals surface area (Å²) in [4.78, 5) is 0. The zero-order chi connectivity index (χ0) is 18.5. The van der Waals surface area contributed by atoms with Gasteiger partial charge >= 0.3 is 173 Å². The predicted octanol–water partition coefficient (Wildman–Crippen LogP) is 6.01. The Labute approximate surface area is 172 Å². The molecule has 1 aliphatic rings. The maximum absolute atomic E-state index is 4.28. The van der Waals surface area contributed by atoms with Crippen LogP contribution < -0.4 is 15.9 Å². The van der Waals surface area contributed by atoms with Crippen LogP contribution in [0, 0.1) is 5.92 Å². The third kappa shape index (κ3) is 3.78. The molecule has 4 rings (SSSR count). The van der Waals surface area contributed by atoms with E-state index in [9.17, 15) is 0 Å². The second kappa shape index (κ2) is 8.72. The van der Waals surface area contributed by atoms with E-state index in [-0.39, 0.29) is 0 Å². The van der Waals surface area contributed by atoms with Crippen molar-refractivity contribution in [1.29, 1.82) is 0 Å². The summed E-state index contributed by atoms with van der Waals surface area (Å²) in [6.07, 6.45) is 6.86. The van der Waals surface area contributed by atoms with Crippen LogP contribution in [-0.4, -0.2) is 4.57 Å². The topological polar surface area (TPSA) is 0 Å². The normalized spacial score (nSPS) is 16.9. The monoisotopic (exact) mass is 438 g/mol. The Balaban J connectivity index is 1.91. The SMILES string of the molecule is BrC(CC1CCCC1)[PH](c1ccccc1)(c1ccccc1)c1ccccc1. The van der Waals surface area contributed by atoms with E-state index >= 15 is 0 Å². The summed E-state index contributed by atoms with van der Waals surface area (Å²) in [6.45, 7) is 0. The van der Waals surface area contributed by atoms with Gasteiger partial charge in [0, 0.05) is 0 Å². The van der Waals surface area contributed by atoms with Crippen molar-refractivity contribution in [2.24, 2.45) is 5.92 Å². The molecule has 140 valence electrons. The van der Waals surface area contributed by atoms with Gasteiger partial charge in [0.1, 0.15) is 0 Å². The molecule has 0 saturated heterocycles. The van der Waals surface area contributed by atoms with Crippen LogP contribution >= 0.6 is 23.2 Å². The zero-order valence-electron chi connectivity index (χ0n) is 15.7. The Bertz CT molecular complexity index is 729. The Morgan fingerprint density at radius 1 is 0.667 bits per heavy atom. The third-order valence-corrected chi connectivity index (χ3v) is 13.5. The molecule has 2 heteroatoms. The van der Waals surface area contributed by atoms with Gasteiger partial charge in [0.05, 0.1) is 0 Å². The van der Waals surface area contributed by atoms with Crippen molar-refractivity contribution in [3.05, 3.63) is 91.0 Å². The minimum absolute atomic E-state index is 0.486. The first-order chi connectivity index (χ1) is 13.3. The van der Waals surface area contributed by atoms with Gasteiger partial charge in [0.15, 0.2) is 0 Å². The van der Waals surface area contributed by atoms with Crippen LogP contribution in [0.1, 0.15) is 32.1 Å². The van der Waals surface area contributed by atoms with Gasteiger partial charge in [-0.3, -0.25) is 0 Å². The van der Waals surface area contributed by atoms with Crippen molar-refractivity contribution in [2.75, 3.05) is 0 Å². The van der Waals surface area contributed by atoms with Crippen LogP contribution in [0.15, 0.2) is 91.0 Å². The third-order valence-electron chi connectivity index (χ3n) is 6.17. The van der Waals surface area contributed by atoms with Crippen molar-refractivity contribution in [1.82, 2.24) is 0 Å². The molecule has 1 saturated carbocycles. The first-order valence-corrected chi connectivity index (χ1v) is 13.1. The number of alkyl halides is 1. The van der Waals surface area contributed by atoms with Gasteiger partial charge in [-0.1, -0.05) is 0 Å². The van der Waals surface area contributed by atoms with Crippen LogP contribution in [0.4, 0.5) is 0 Å². The van der Waals surface area contributed by atoms with E-state index in [1.54, 1.807) is 0 Å². The van der Waals surface area contributed by atoms with E-state index in [2.05, 4.69) is 107 Å². The summed E-state index contributed by atoms with van der Waals surface area (Å²) in [7, 11) is -2.18. The fourth-order valence-corrected chi connectivity index (χ4v) is 12.7. The zero-order valence-corrected chi connectivity index (χ0v) is 18.3. The molecule has 1 unspecified atom stereocenters. The first-order valence-electron chi connectivity index (χ1n) is 10.1. The van der Waals surface area contributed by atoms with Gasteiger partial charge in [-0.05, 0) is 0 Å². The summed E-state index contributed by atoms with van der Waals surface area (Å²) in [6, 6.07) is 33.8. The number of halogens is 1. The molecule has 1 aliphatic carbocycles. The molecule has 0 nitrogen and oxygen atoms in total. The summed E-state index contributed by atoms with van der Waals surface area (Å²) in [5, 5.41) is 4.51. The minimum atomic E-state index is -2.18. The van der Waals surface area contributed by atoms with Crippen molar-refractivity contribution in [3.63, 3.8) is 0 Å². The molecule has 0 N–H and O–H groups in total. The summed E-state index contributed by atoms with van der Waals surface area (Å²) in [5.41, 5.74) is 0. The number of hydrogen-bond acceptors (Lipinski definition) is 0. The Hall–Kier alpha value is -1.43. The van der Waals surface area contributed by atoms with Crippen LogP contribution in [0.25, 0.3) is 0 Å². The molecule has 0 spiro atoms. The fourth-order valence-electron chi connectivity index (χ4n) is 4.86. The van der Waals surface area contributed by atoms with Crippen molar-refractivity contribution in [3.8, 4) is 0 Å². The van der Waals surface area contributed by atoms with Crippen LogP contribution in [0.3, 0.4) is 0 Å². The average Bonchev–Trinajstić information content (AvgIpc) is 3.24. The quantitative estimate of drug-likeness (QED) is 0.326. The molecule has 0 radical (unpaired) electrons. The Kier molecular flexibility index (Phi) is 6.11. The average molecular weight is 439 g/mol. The summed E-state index contributed by atoms with van der Waals surface area (Å²) < 4.78 is 0.486. The van der Waals surface area contributed by atoms with E-state index < -0.39 is 7.26 Å². The Morgan fingerprint density at radius 2 is 1.04 bits per heavy atom. The molecule has 0 aromatic heterocycles. The summed E-state index contributed by atoms with van der Waals surface area (Å²) >= 11 is 4.28. The van der Waals surface area contributed by atoms with Crippen molar-refractivity contribution < 1.29 is 0 Å². The number of hydrogen-bond donors (Lipinski definition) is 0. The summed E-state index contributed by atoms with van der Waals surface area (Å²) in [5.74, 6) is 0.859. The van der Waals surface area contributed by atoms with Gasteiger partial charge < -0.3 is 0 Å². The molecule has 3 aromatic rings. The van der Waals surface area contributed by atoms with E-state index in [0.717, 1.165) is 5.92 Å². The number of rotatable bonds is 6. The molecule has 1 fully saturated rings. The molecule has 0 amide bonds. The van der Waals surface area contributed by atoms with E-state index in [1.165, 1.54) is 48.0 Å². The molecule has 0 heterocycles. The van der Waals surface area contributed by atoms with E-state index in [1.807, 2.05) is 0 Å². The van der Waals surface area contributed by atoms with Gasteiger partial charge in [-0.2, -0.15) is 0 Å². The molecule has 3 aromatic carbocycles. The van der Waals surface area contributed by atoms with Crippen LogP contribution in [0.2, 0.25) is 0 Å². The van der Waals surface area contributed by atoms with E-state index in [4.69, 9.17) is 0 Å². The van der Waals surface area contributed by atoms with Crippen molar-refractivity contribution in [2.45, 2.75) is 36.7 Å². The van der Waals surface area contributed by atoms with Crippen LogP contribution in [0.5, 0.6) is 0 Å². The second-order valence-electron chi connectivity index (χ2n) is 7.76. The molecule has 0 aliphatic heterocycles. The van der Waals surface area contributed by atoms with Gasteiger partial charge in [-0.25, -0.2) is 0 Å². The standard InChI is InChI=1S/C25H28BrP/c26-25(20-21-12-10-11-13-21)27(22-14-4-1-5-15-22,23-16-6-2-7-17-23)24-18-8-3-9-19-24/h1-9,14-19,21,25,27H,10-13,20H2. The first kappa shape index (κ1) is 18.9. The maximum atomic E-state index is 4.28. The van der Waals surface area contributed by atoms with Gasteiger partial charge in [0.25, 0.3) is 0 Å². The predicted molar refractivity (Wildman–Crippen MR) is 126 cm³/mol. The molecule has 0 bridgehead atoms. The Morgan fingerprint density at radius 3 is 1.41 bits per heavy atom. The number of benzene rings is 3. The molecule has 1 atom stereocenters. The van der Waals surface area contributed by atoms with Crippen LogP contribution in [-0.2, 0) is 0 Å². The van der Waals surface area contributed by atoms with E-state index in [0.29, 0.717) is 4.57 Å². The fraction of sp³-hybridized carbons (Fsp3) is 0.280. The second-order valence-corrected chi connectivity index (χ2v) is 13.8. The van der Waals surface area contributed by atoms with Gasteiger partial charge in [-0.15, -0.1) is 0 Å². The van der Waals surface area contributed by atoms with Crippen molar-refractivity contribution >= 4 is 39.1 Å². The molecular weight excluding hydrogens is 411 g/mol.